The lowest BCUT2D eigenvalue weighted by Crippen LogP contribution is -2.61. The number of hydrogen-bond donors (Lipinski definition) is 3. The molecule has 0 radical (unpaired) electrons. The lowest BCUT2D eigenvalue weighted by Gasteiger charge is -2.40. The highest BCUT2D eigenvalue weighted by Crippen LogP contribution is 2.26. The SMILES string of the molecule is CC/C=C\C/C=C\C/C=C\C/C=C\C/C=C\CCCCCC(=O)OCC(COC1OC(C(=O)O)C(O)C(O)C1OC(=O)CCCCCCCCCCCCCCCCC)OC(=O)CCC/C=C\C/C=C\C/C=C\C/C=C\C/C=C\CC. The van der Waals surface area contributed by atoms with Crippen LogP contribution in [0.2, 0.25) is 0 Å². The van der Waals surface area contributed by atoms with Gasteiger partial charge in [0.25, 0.3) is 0 Å². The summed E-state index contributed by atoms with van der Waals surface area (Å²) in [5.74, 6) is -3.25. The summed E-state index contributed by atoms with van der Waals surface area (Å²) in [5.41, 5.74) is 0. The molecule has 0 bridgehead atoms. The van der Waals surface area contributed by atoms with E-state index in [1.807, 2.05) is 12.2 Å². The molecule has 0 amide bonds. The second-order valence-corrected chi connectivity index (χ2v) is 20.9. The second kappa shape index (κ2) is 55.6. The summed E-state index contributed by atoms with van der Waals surface area (Å²) in [6.07, 6.45) is 64.5. The fourth-order valence-corrected chi connectivity index (χ4v) is 8.78. The fraction of sp³-hybridized carbons (Fsp3) is 0.652. The third-order valence-corrected chi connectivity index (χ3v) is 13.5. The largest absolute Gasteiger partial charge is 0.479 e. The molecule has 81 heavy (non-hydrogen) atoms. The van der Waals surface area contributed by atoms with Crippen LogP contribution in [-0.2, 0) is 42.9 Å². The Morgan fingerprint density at radius 2 is 0.790 bits per heavy atom. The average Bonchev–Trinajstić information content (AvgIpc) is 3.53. The number of carbonyl (C=O) groups excluding carboxylic acids is 3. The van der Waals surface area contributed by atoms with Gasteiger partial charge in [-0.25, -0.2) is 4.79 Å². The molecule has 12 nitrogen and oxygen atoms in total. The van der Waals surface area contributed by atoms with Crippen LogP contribution in [0.25, 0.3) is 0 Å². The summed E-state index contributed by atoms with van der Waals surface area (Å²) in [4.78, 5) is 51.3. The molecule has 1 fully saturated rings. The lowest BCUT2D eigenvalue weighted by molar-refractivity contribution is -0.301. The highest BCUT2D eigenvalue weighted by Gasteiger charge is 2.50. The Morgan fingerprint density at radius 1 is 0.420 bits per heavy atom. The van der Waals surface area contributed by atoms with Crippen molar-refractivity contribution in [3.05, 3.63) is 122 Å². The van der Waals surface area contributed by atoms with Crippen molar-refractivity contribution in [2.45, 2.75) is 276 Å². The van der Waals surface area contributed by atoms with Crippen molar-refractivity contribution in [1.29, 1.82) is 0 Å². The van der Waals surface area contributed by atoms with E-state index in [1.54, 1.807) is 0 Å². The van der Waals surface area contributed by atoms with Crippen molar-refractivity contribution in [3.63, 3.8) is 0 Å². The number of carboxylic acids is 1. The zero-order valence-corrected chi connectivity index (χ0v) is 50.5. The summed E-state index contributed by atoms with van der Waals surface area (Å²) in [7, 11) is 0. The quantitative estimate of drug-likeness (QED) is 0.0228. The van der Waals surface area contributed by atoms with E-state index in [1.165, 1.54) is 64.2 Å². The van der Waals surface area contributed by atoms with Gasteiger partial charge < -0.3 is 39.0 Å². The predicted molar refractivity (Wildman–Crippen MR) is 330 cm³/mol. The molecule has 0 aromatic heterocycles. The summed E-state index contributed by atoms with van der Waals surface area (Å²) < 4.78 is 28.4. The minimum absolute atomic E-state index is 0.0475. The van der Waals surface area contributed by atoms with Gasteiger partial charge in [0, 0.05) is 19.3 Å². The number of hydrogen-bond acceptors (Lipinski definition) is 11. The van der Waals surface area contributed by atoms with Gasteiger partial charge in [-0.15, -0.1) is 0 Å². The highest BCUT2D eigenvalue weighted by molar-refractivity contribution is 5.74. The zero-order chi connectivity index (χ0) is 58.9. The Labute approximate surface area is 490 Å². The molecule has 1 heterocycles. The van der Waals surface area contributed by atoms with E-state index >= 15 is 0 Å². The predicted octanol–water partition coefficient (Wildman–Crippen LogP) is 16.8. The maximum absolute atomic E-state index is 13.2. The van der Waals surface area contributed by atoms with Gasteiger partial charge in [0.05, 0.1) is 6.61 Å². The van der Waals surface area contributed by atoms with Crippen LogP contribution < -0.4 is 0 Å². The summed E-state index contributed by atoms with van der Waals surface area (Å²) in [5, 5.41) is 31.6. The molecule has 3 N–H and O–H groups in total. The van der Waals surface area contributed by atoms with Gasteiger partial charge in [-0.05, 0) is 103 Å². The molecule has 6 unspecified atom stereocenters. The average molecular weight is 1130 g/mol. The van der Waals surface area contributed by atoms with Crippen molar-refractivity contribution < 1.29 is 58.2 Å². The standard InChI is InChI=1S/C69H110O12/c1-4-7-10-13-16-19-22-25-28-30-31-33-35-37-40-43-46-49-52-55-61(70)77-58-60(79-62(71)56-53-50-47-44-41-39-36-32-29-26-23-20-17-14-11-8-5-2)59-78-69-67(65(74)64(73)66(81-69)68(75)76)80-63(72)57-54-51-48-45-42-38-34-27-24-21-18-15-12-9-6-3/h7-8,10-11,16-17,19-20,25-26,28-29,31,33,36-37,39-40,44,47,60,64-67,69,73-74H,4-6,9,12-15,18,21-24,27,30,32,34-35,38,41-43,45-46,48-59H2,1-3H3,(H,75,76)/b10-7-,11-8-,19-16-,20-17-,28-25-,29-26-,33-31-,39-36-,40-37-,47-44-. The number of carboxylic acid groups (broad SMARTS) is 1. The van der Waals surface area contributed by atoms with Crippen LogP contribution in [0.5, 0.6) is 0 Å². The molecule has 1 aliphatic rings. The normalized spacial score (nSPS) is 18.6. The molecule has 0 saturated carbocycles. The third kappa shape index (κ3) is 45.3. The first-order valence-corrected chi connectivity index (χ1v) is 31.5. The summed E-state index contributed by atoms with van der Waals surface area (Å²) in [6.45, 7) is 5.70. The number of aliphatic hydroxyl groups excluding tert-OH is 2. The number of ether oxygens (including phenoxy) is 5. The van der Waals surface area contributed by atoms with Crippen molar-refractivity contribution in [2.75, 3.05) is 13.2 Å². The maximum atomic E-state index is 13.2. The van der Waals surface area contributed by atoms with E-state index in [0.717, 1.165) is 109 Å². The van der Waals surface area contributed by atoms with Crippen LogP contribution >= 0.6 is 0 Å². The molecule has 0 aromatic carbocycles. The molecular formula is C69H110O12. The van der Waals surface area contributed by atoms with Crippen LogP contribution in [0.15, 0.2) is 122 Å². The Bertz CT molecular complexity index is 1870. The van der Waals surface area contributed by atoms with Crippen molar-refractivity contribution in [3.8, 4) is 0 Å². The molecule has 12 heteroatoms. The molecule has 0 aromatic rings. The number of esters is 3. The van der Waals surface area contributed by atoms with E-state index in [4.69, 9.17) is 23.7 Å². The number of unbranched alkanes of at least 4 members (excludes halogenated alkanes) is 18. The Kier molecular flexibility index (Phi) is 50.9. The molecule has 458 valence electrons. The number of aliphatic hydroxyl groups is 2. The zero-order valence-electron chi connectivity index (χ0n) is 50.5. The van der Waals surface area contributed by atoms with E-state index < -0.39 is 67.3 Å². The first-order valence-electron chi connectivity index (χ1n) is 31.5. The van der Waals surface area contributed by atoms with Crippen LogP contribution in [-0.4, -0.2) is 89.2 Å². The van der Waals surface area contributed by atoms with Crippen molar-refractivity contribution >= 4 is 23.9 Å². The Balaban J connectivity index is 2.74. The third-order valence-electron chi connectivity index (χ3n) is 13.5. The van der Waals surface area contributed by atoms with Gasteiger partial charge in [-0.3, -0.25) is 14.4 Å². The first kappa shape index (κ1) is 74.1. The van der Waals surface area contributed by atoms with E-state index in [2.05, 4.69) is 130 Å². The minimum atomic E-state index is -1.92. The fourth-order valence-electron chi connectivity index (χ4n) is 8.78. The minimum Gasteiger partial charge on any atom is -0.479 e. The second-order valence-electron chi connectivity index (χ2n) is 20.9. The van der Waals surface area contributed by atoms with E-state index in [0.29, 0.717) is 25.7 Å². The first-order chi connectivity index (χ1) is 39.6. The van der Waals surface area contributed by atoms with Crippen LogP contribution in [0.1, 0.15) is 239 Å². The van der Waals surface area contributed by atoms with Gasteiger partial charge in [-0.1, -0.05) is 239 Å². The number of aliphatic carboxylic acids is 1. The van der Waals surface area contributed by atoms with E-state index in [-0.39, 0.29) is 25.9 Å². The van der Waals surface area contributed by atoms with Crippen molar-refractivity contribution in [1.82, 2.24) is 0 Å². The molecule has 0 spiro atoms. The lowest BCUT2D eigenvalue weighted by atomic mass is 9.98. The monoisotopic (exact) mass is 1130 g/mol. The Morgan fingerprint density at radius 3 is 1.22 bits per heavy atom. The summed E-state index contributed by atoms with van der Waals surface area (Å²) in [6, 6.07) is 0. The number of allylic oxidation sites excluding steroid dienone is 20. The van der Waals surface area contributed by atoms with E-state index in [9.17, 15) is 34.5 Å². The molecule has 0 aliphatic carbocycles. The smallest absolute Gasteiger partial charge is 0.335 e. The maximum Gasteiger partial charge on any atom is 0.335 e. The van der Waals surface area contributed by atoms with Gasteiger partial charge in [-0.2, -0.15) is 0 Å². The molecule has 1 rings (SSSR count). The van der Waals surface area contributed by atoms with Crippen molar-refractivity contribution in [2.24, 2.45) is 0 Å². The van der Waals surface area contributed by atoms with Gasteiger partial charge in [0.2, 0.25) is 0 Å². The highest BCUT2D eigenvalue weighted by atomic mass is 16.7. The molecule has 6 atom stereocenters. The molecule has 1 saturated heterocycles. The topological polar surface area (TPSA) is 175 Å². The van der Waals surface area contributed by atoms with Crippen LogP contribution in [0.4, 0.5) is 0 Å². The van der Waals surface area contributed by atoms with Crippen LogP contribution in [0.3, 0.4) is 0 Å². The molecule has 1 aliphatic heterocycles. The van der Waals surface area contributed by atoms with Crippen LogP contribution in [0, 0.1) is 0 Å². The summed E-state index contributed by atoms with van der Waals surface area (Å²) >= 11 is 0. The number of carbonyl (C=O) groups is 4. The number of rotatable bonds is 52. The molecular weight excluding hydrogens is 1020 g/mol. The van der Waals surface area contributed by atoms with Gasteiger partial charge in [0.1, 0.15) is 18.8 Å². The van der Waals surface area contributed by atoms with Gasteiger partial charge >= 0.3 is 23.9 Å². The Hall–Kier alpha value is -4.88. The van der Waals surface area contributed by atoms with Gasteiger partial charge in [0.15, 0.2) is 24.6 Å².